The number of benzene rings is 1. The Labute approximate surface area is 136 Å². The van der Waals surface area contributed by atoms with Crippen molar-refractivity contribution in [3.8, 4) is 11.5 Å². The maximum absolute atomic E-state index is 14.4. The van der Waals surface area contributed by atoms with E-state index in [9.17, 15) is 26.0 Å². The lowest BCUT2D eigenvalue weighted by Gasteiger charge is -2.34. The highest BCUT2D eigenvalue weighted by Gasteiger charge is 2.72. The second kappa shape index (κ2) is 5.50. The van der Waals surface area contributed by atoms with E-state index >= 15 is 0 Å². The van der Waals surface area contributed by atoms with E-state index in [1.54, 1.807) is 0 Å². The molecule has 1 aromatic rings. The van der Waals surface area contributed by atoms with Crippen LogP contribution in [0.1, 0.15) is 25.7 Å². The van der Waals surface area contributed by atoms with Crippen LogP contribution in [0.5, 0.6) is 11.5 Å². The quantitative estimate of drug-likeness (QED) is 0.635. The molecule has 3 unspecified atom stereocenters. The van der Waals surface area contributed by atoms with Gasteiger partial charge in [-0.1, -0.05) is 6.42 Å². The van der Waals surface area contributed by atoms with Crippen LogP contribution in [0.25, 0.3) is 0 Å². The van der Waals surface area contributed by atoms with Gasteiger partial charge in [-0.2, -0.15) is 26.0 Å². The molecule has 0 spiro atoms. The Morgan fingerprint density at radius 2 is 1.67 bits per heavy atom. The lowest BCUT2D eigenvalue weighted by Crippen LogP contribution is -2.54. The molecular formula is C15H16F4O4S. The van der Waals surface area contributed by atoms with Crippen LogP contribution in [0.2, 0.25) is 0 Å². The van der Waals surface area contributed by atoms with Gasteiger partial charge in [0.05, 0.1) is 0 Å². The van der Waals surface area contributed by atoms with Crippen molar-refractivity contribution in [1.29, 1.82) is 0 Å². The van der Waals surface area contributed by atoms with Crippen LogP contribution in [0.15, 0.2) is 24.3 Å². The lowest BCUT2D eigenvalue weighted by molar-refractivity contribution is -0.202. The SMILES string of the molecule is O=S(=O)(Oc1ccc(O)cc1)C(F)(F)C(F)(F)C1CC2CCC1C2. The Balaban J connectivity index is 1.85. The molecule has 0 saturated heterocycles. The number of rotatable bonds is 5. The predicted octanol–water partition coefficient (Wildman–Crippen LogP) is 3.77. The van der Waals surface area contributed by atoms with Gasteiger partial charge in [0.1, 0.15) is 11.5 Å². The number of hydrogen-bond donors (Lipinski definition) is 1. The molecule has 9 heteroatoms. The van der Waals surface area contributed by atoms with Gasteiger partial charge < -0.3 is 9.29 Å². The largest absolute Gasteiger partial charge is 0.508 e. The first-order valence-corrected chi connectivity index (χ1v) is 8.94. The van der Waals surface area contributed by atoms with Crippen LogP contribution >= 0.6 is 0 Å². The van der Waals surface area contributed by atoms with Gasteiger partial charge in [-0.05, 0) is 55.4 Å². The van der Waals surface area contributed by atoms with E-state index in [0.29, 0.717) is 12.8 Å². The highest BCUT2D eigenvalue weighted by molar-refractivity contribution is 7.88. The molecule has 4 nitrogen and oxygen atoms in total. The Bertz CT molecular complexity index is 717. The molecule has 24 heavy (non-hydrogen) atoms. The smallest absolute Gasteiger partial charge is 0.442 e. The third-order valence-corrected chi connectivity index (χ3v) is 6.26. The zero-order valence-corrected chi connectivity index (χ0v) is 13.3. The van der Waals surface area contributed by atoms with Crippen molar-refractivity contribution in [3.63, 3.8) is 0 Å². The van der Waals surface area contributed by atoms with Crippen molar-refractivity contribution in [2.45, 2.75) is 36.9 Å². The molecule has 3 atom stereocenters. The van der Waals surface area contributed by atoms with Crippen LogP contribution in [-0.4, -0.2) is 24.7 Å². The summed E-state index contributed by atoms with van der Waals surface area (Å²) in [7, 11) is -5.90. The number of phenolic OH excluding ortho intramolecular Hbond substituents is 1. The summed E-state index contributed by atoms with van der Waals surface area (Å²) in [4.78, 5) is 0. The van der Waals surface area contributed by atoms with E-state index < -0.39 is 38.9 Å². The van der Waals surface area contributed by atoms with Crippen LogP contribution in [0, 0.1) is 17.8 Å². The van der Waals surface area contributed by atoms with Gasteiger partial charge in [-0.15, -0.1) is 0 Å². The summed E-state index contributed by atoms with van der Waals surface area (Å²) in [5, 5.41) is 3.73. The van der Waals surface area contributed by atoms with E-state index in [2.05, 4.69) is 4.18 Å². The van der Waals surface area contributed by atoms with Crippen LogP contribution in [-0.2, 0) is 10.1 Å². The minimum atomic E-state index is -5.90. The number of hydrogen-bond acceptors (Lipinski definition) is 4. The first-order chi connectivity index (χ1) is 11.0. The van der Waals surface area contributed by atoms with Gasteiger partial charge >= 0.3 is 21.3 Å². The fourth-order valence-corrected chi connectivity index (χ4v) is 4.71. The summed E-state index contributed by atoms with van der Waals surface area (Å²) < 4.78 is 85.0. The highest BCUT2D eigenvalue weighted by atomic mass is 32.2. The van der Waals surface area contributed by atoms with Gasteiger partial charge in [0.25, 0.3) is 0 Å². The molecule has 134 valence electrons. The molecule has 2 aliphatic rings. The van der Waals surface area contributed by atoms with E-state index in [0.717, 1.165) is 30.7 Å². The summed E-state index contributed by atoms with van der Waals surface area (Å²) in [6.45, 7) is 0. The molecule has 2 aliphatic carbocycles. The molecule has 3 rings (SSSR count). The molecule has 1 aromatic carbocycles. The first-order valence-electron chi connectivity index (χ1n) is 7.53. The van der Waals surface area contributed by atoms with Crippen molar-refractivity contribution in [3.05, 3.63) is 24.3 Å². The molecule has 0 amide bonds. The molecule has 0 heterocycles. The summed E-state index contributed by atoms with van der Waals surface area (Å²) in [5.41, 5.74) is 0. The van der Waals surface area contributed by atoms with Crippen molar-refractivity contribution >= 4 is 10.1 Å². The van der Waals surface area contributed by atoms with E-state index in [-0.39, 0.29) is 18.1 Å². The fraction of sp³-hybridized carbons (Fsp3) is 0.600. The topological polar surface area (TPSA) is 63.6 Å². The number of phenols is 1. The number of aromatic hydroxyl groups is 1. The third-order valence-electron chi connectivity index (χ3n) is 4.95. The monoisotopic (exact) mass is 368 g/mol. The number of alkyl halides is 4. The summed E-state index contributed by atoms with van der Waals surface area (Å²) in [6, 6.07) is 3.80. The second-order valence-corrected chi connectivity index (χ2v) is 8.04. The number of halogens is 4. The Morgan fingerprint density at radius 3 is 2.17 bits per heavy atom. The summed E-state index contributed by atoms with van der Waals surface area (Å²) in [5.74, 6) is -7.82. The first kappa shape index (κ1) is 17.3. The maximum atomic E-state index is 14.4. The zero-order chi connectivity index (χ0) is 17.8. The molecule has 2 bridgehead atoms. The Morgan fingerprint density at radius 1 is 1.04 bits per heavy atom. The zero-order valence-electron chi connectivity index (χ0n) is 12.5. The predicted molar refractivity (Wildman–Crippen MR) is 76.5 cm³/mol. The standard InChI is InChI=1S/C15H16F4O4S/c16-14(17,13-8-9-1-2-10(13)7-9)15(18,19)24(21,22)23-12-5-3-11(20)4-6-12/h3-6,9-10,13,20H,1-2,7-8H2. The van der Waals surface area contributed by atoms with Gasteiger partial charge in [0.2, 0.25) is 0 Å². The lowest BCUT2D eigenvalue weighted by atomic mass is 9.84. The summed E-state index contributed by atoms with van der Waals surface area (Å²) in [6.07, 6.45) is 1.48. The van der Waals surface area contributed by atoms with Crippen molar-refractivity contribution in [1.82, 2.24) is 0 Å². The number of fused-ring (bicyclic) bond motifs is 2. The minimum Gasteiger partial charge on any atom is -0.508 e. The third kappa shape index (κ3) is 2.62. The van der Waals surface area contributed by atoms with Crippen LogP contribution in [0.3, 0.4) is 0 Å². The molecule has 2 fully saturated rings. The van der Waals surface area contributed by atoms with Crippen molar-refractivity contribution < 1.29 is 35.3 Å². The Hall–Kier alpha value is -1.51. The molecule has 0 aromatic heterocycles. The van der Waals surface area contributed by atoms with E-state index in [4.69, 9.17) is 5.11 Å². The average Bonchev–Trinajstić information content (AvgIpc) is 3.12. The molecule has 2 saturated carbocycles. The van der Waals surface area contributed by atoms with Crippen molar-refractivity contribution in [2.24, 2.45) is 17.8 Å². The van der Waals surface area contributed by atoms with Gasteiger partial charge in [0, 0.05) is 5.92 Å². The maximum Gasteiger partial charge on any atom is 0.442 e. The normalized spacial score (nSPS) is 27.4. The van der Waals surface area contributed by atoms with Gasteiger partial charge in [-0.3, -0.25) is 0 Å². The molecule has 0 radical (unpaired) electrons. The minimum absolute atomic E-state index is 0.0394. The second-order valence-electron chi connectivity index (χ2n) is 6.45. The molecular weight excluding hydrogens is 352 g/mol. The van der Waals surface area contributed by atoms with Crippen molar-refractivity contribution in [2.75, 3.05) is 0 Å². The van der Waals surface area contributed by atoms with Crippen LogP contribution < -0.4 is 4.18 Å². The molecule has 0 aliphatic heterocycles. The van der Waals surface area contributed by atoms with E-state index in [1.807, 2.05) is 0 Å². The van der Waals surface area contributed by atoms with E-state index in [1.165, 1.54) is 0 Å². The Kier molecular flexibility index (Phi) is 3.97. The van der Waals surface area contributed by atoms with Crippen LogP contribution in [0.4, 0.5) is 17.6 Å². The fourth-order valence-electron chi connectivity index (χ4n) is 3.75. The highest BCUT2D eigenvalue weighted by Crippen LogP contribution is 2.58. The van der Waals surface area contributed by atoms with Gasteiger partial charge in [-0.25, -0.2) is 0 Å². The average molecular weight is 368 g/mol. The molecule has 1 N–H and O–H groups in total. The summed E-state index contributed by atoms with van der Waals surface area (Å²) >= 11 is 0. The van der Waals surface area contributed by atoms with Gasteiger partial charge in [0.15, 0.2) is 0 Å².